The van der Waals surface area contributed by atoms with Crippen LogP contribution in [0.5, 0.6) is 0 Å². The fourth-order valence-corrected chi connectivity index (χ4v) is 0.834. The van der Waals surface area contributed by atoms with Crippen LogP contribution in [0.1, 0.15) is 26.7 Å². The molecule has 3 heteroatoms. The van der Waals surface area contributed by atoms with Crippen molar-refractivity contribution in [3.8, 4) is 0 Å². The maximum absolute atomic E-state index is 8.61. The summed E-state index contributed by atoms with van der Waals surface area (Å²) in [5, 5.41) is 11.3. The van der Waals surface area contributed by atoms with Crippen molar-refractivity contribution < 1.29 is 5.11 Å². The summed E-state index contributed by atoms with van der Waals surface area (Å²) in [6.07, 6.45) is 1.99. The Balaban J connectivity index is 3.43. The lowest BCUT2D eigenvalue weighted by atomic mass is 10.2. The predicted molar refractivity (Wildman–Crippen MR) is 42.7 cm³/mol. The first kappa shape index (κ1) is 8.69. The van der Waals surface area contributed by atoms with Gasteiger partial charge in [0.25, 0.3) is 5.17 Å². The number of rotatable bonds is 3. The number of thiocarbonyl (C=S) groups is 1. The van der Waals surface area contributed by atoms with E-state index in [1.807, 2.05) is 0 Å². The first-order chi connectivity index (χ1) is 4.20. The zero-order chi connectivity index (χ0) is 7.28. The molecule has 0 amide bonds. The second kappa shape index (κ2) is 4.56. The smallest absolute Gasteiger partial charge is 0.254 e. The van der Waals surface area contributed by atoms with Crippen molar-refractivity contribution in [1.29, 1.82) is 0 Å². The SMILES string of the molecule is CCC(CC)NC(O)=S. The highest BCUT2D eigenvalue weighted by Crippen LogP contribution is 1.94. The van der Waals surface area contributed by atoms with Crippen molar-refractivity contribution in [3.05, 3.63) is 0 Å². The molecule has 0 aromatic heterocycles. The molecule has 0 aliphatic rings. The van der Waals surface area contributed by atoms with Crippen molar-refractivity contribution in [2.75, 3.05) is 0 Å². The predicted octanol–water partition coefficient (Wildman–Crippen LogP) is 1.61. The summed E-state index contributed by atoms with van der Waals surface area (Å²) in [5.74, 6) is 0. The molecule has 0 atom stereocenters. The van der Waals surface area contributed by atoms with E-state index in [9.17, 15) is 0 Å². The van der Waals surface area contributed by atoms with Crippen LogP contribution in [0.2, 0.25) is 0 Å². The first-order valence-corrected chi connectivity index (χ1v) is 3.61. The van der Waals surface area contributed by atoms with Gasteiger partial charge in [-0.15, -0.1) is 0 Å². The van der Waals surface area contributed by atoms with Crippen LogP contribution in [-0.2, 0) is 0 Å². The van der Waals surface area contributed by atoms with Gasteiger partial charge in [0.2, 0.25) is 0 Å². The summed E-state index contributed by atoms with van der Waals surface area (Å²) >= 11 is 4.45. The molecule has 0 aromatic rings. The molecule has 2 N–H and O–H groups in total. The summed E-state index contributed by atoms with van der Waals surface area (Å²) in [5.41, 5.74) is 0. The minimum absolute atomic E-state index is 0.0938. The van der Waals surface area contributed by atoms with Gasteiger partial charge in [-0.1, -0.05) is 13.8 Å². The van der Waals surface area contributed by atoms with Gasteiger partial charge >= 0.3 is 0 Å². The highest BCUT2D eigenvalue weighted by molar-refractivity contribution is 7.79. The maximum Gasteiger partial charge on any atom is 0.254 e. The van der Waals surface area contributed by atoms with Gasteiger partial charge in [-0.25, -0.2) is 0 Å². The second-order valence-corrected chi connectivity index (χ2v) is 2.35. The summed E-state index contributed by atoms with van der Waals surface area (Å²) in [6, 6.07) is 0.336. The summed E-state index contributed by atoms with van der Waals surface area (Å²) in [7, 11) is 0. The fourth-order valence-electron chi connectivity index (χ4n) is 0.667. The molecule has 0 bridgehead atoms. The molecule has 0 saturated carbocycles. The molecule has 9 heavy (non-hydrogen) atoms. The number of hydrogen-bond donors (Lipinski definition) is 2. The van der Waals surface area contributed by atoms with E-state index in [2.05, 4.69) is 31.4 Å². The zero-order valence-corrected chi connectivity index (χ0v) is 6.66. The van der Waals surface area contributed by atoms with Crippen molar-refractivity contribution in [1.82, 2.24) is 5.32 Å². The van der Waals surface area contributed by atoms with Crippen molar-refractivity contribution in [2.24, 2.45) is 0 Å². The number of nitrogens with one attached hydrogen (secondary N) is 1. The number of aliphatic hydroxyl groups is 1. The van der Waals surface area contributed by atoms with Gasteiger partial charge in [-0.3, -0.25) is 0 Å². The minimum atomic E-state index is -0.0938. The lowest BCUT2D eigenvalue weighted by molar-refractivity contribution is 0.479. The quantitative estimate of drug-likeness (QED) is 0.595. The molecular weight excluding hydrogens is 134 g/mol. The van der Waals surface area contributed by atoms with Crippen LogP contribution in [0.15, 0.2) is 0 Å². The van der Waals surface area contributed by atoms with Gasteiger partial charge in [0.05, 0.1) is 0 Å². The van der Waals surface area contributed by atoms with E-state index < -0.39 is 0 Å². The standard InChI is InChI=1S/C6H13NOS/c1-3-5(4-2)7-6(8)9/h5H,3-4H2,1-2H3,(H2,7,8,9). The van der Waals surface area contributed by atoms with Crippen LogP contribution in [0, 0.1) is 0 Å². The average molecular weight is 147 g/mol. The molecule has 0 aromatic carbocycles. The topological polar surface area (TPSA) is 32.3 Å². The Morgan fingerprint density at radius 2 is 2.00 bits per heavy atom. The van der Waals surface area contributed by atoms with Gasteiger partial charge in [0.15, 0.2) is 0 Å². The Morgan fingerprint density at radius 3 is 2.11 bits per heavy atom. The number of aliphatic hydroxyl groups excluding tert-OH is 1. The van der Waals surface area contributed by atoms with E-state index in [0.717, 1.165) is 12.8 Å². The Bertz CT molecular complexity index is 91.1. The van der Waals surface area contributed by atoms with E-state index in [1.54, 1.807) is 0 Å². The zero-order valence-electron chi connectivity index (χ0n) is 5.85. The summed E-state index contributed by atoms with van der Waals surface area (Å²) in [6.45, 7) is 4.11. The van der Waals surface area contributed by atoms with Crippen LogP contribution in [0.4, 0.5) is 0 Å². The molecule has 2 nitrogen and oxygen atoms in total. The van der Waals surface area contributed by atoms with Gasteiger partial charge in [-0.2, -0.15) is 0 Å². The van der Waals surface area contributed by atoms with E-state index in [-0.39, 0.29) is 5.17 Å². The first-order valence-electron chi connectivity index (χ1n) is 3.20. The van der Waals surface area contributed by atoms with E-state index >= 15 is 0 Å². The van der Waals surface area contributed by atoms with Crippen LogP contribution in [0.3, 0.4) is 0 Å². The summed E-state index contributed by atoms with van der Waals surface area (Å²) in [4.78, 5) is 0. The Kier molecular flexibility index (Phi) is 4.40. The molecule has 0 rings (SSSR count). The Hall–Kier alpha value is -0.310. The van der Waals surface area contributed by atoms with Gasteiger partial charge in [-0.05, 0) is 25.1 Å². The molecular formula is C6H13NOS. The third kappa shape index (κ3) is 4.21. The molecule has 0 aliphatic heterocycles. The van der Waals surface area contributed by atoms with Crippen LogP contribution in [0.25, 0.3) is 0 Å². The molecule has 0 heterocycles. The molecule has 0 saturated heterocycles. The van der Waals surface area contributed by atoms with Crippen molar-refractivity contribution >= 4 is 17.4 Å². The highest BCUT2D eigenvalue weighted by Gasteiger charge is 2.01. The lowest BCUT2D eigenvalue weighted by Crippen LogP contribution is -2.31. The van der Waals surface area contributed by atoms with Gasteiger partial charge in [0.1, 0.15) is 0 Å². The normalized spacial score (nSPS) is 9.67. The van der Waals surface area contributed by atoms with E-state index in [1.165, 1.54) is 0 Å². The summed E-state index contributed by atoms with van der Waals surface area (Å²) < 4.78 is 0. The second-order valence-electron chi connectivity index (χ2n) is 1.96. The maximum atomic E-state index is 8.61. The van der Waals surface area contributed by atoms with Crippen LogP contribution in [-0.4, -0.2) is 16.3 Å². The molecule has 0 unspecified atom stereocenters. The molecule has 0 radical (unpaired) electrons. The molecule has 0 aliphatic carbocycles. The largest absolute Gasteiger partial charge is 0.487 e. The van der Waals surface area contributed by atoms with Crippen molar-refractivity contribution in [3.63, 3.8) is 0 Å². The Morgan fingerprint density at radius 1 is 1.56 bits per heavy atom. The monoisotopic (exact) mass is 147 g/mol. The van der Waals surface area contributed by atoms with Crippen LogP contribution >= 0.6 is 12.2 Å². The molecule has 0 fully saturated rings. The average Bonchev–Trinajstić information content (AvgIpc) is 1.82. The van der Waals surface area contributed by atoms with Gasteiger partial charge in [0, 0.05) is 6.04 Å². The third-order valence-corrected chi connectivity index (χ3v) is 1.43. The molecule has 54 valence electrons. The Labute approximate surface area is 61.3 Å². The third-order valence-electron chi connectivity index (χ3n) is 1.31. The molecule has 0 spiro atoms. The van der Waals surface area contributed by atoms with E-state index in [4.69, 9.17) is 5.11 Å². The minimum Gasteiger partial charge on any atom is -0.487 e. The lowest BCUT2D eigenvalue weighted by Gasteiger charge is -2.12. The van der Waals surface area contributed by atoms with Crippen LogP contribution < -0.4 is 5.32 Å². The number of hydrogen-bond acceptors (Lipinski definition) is 1. The van der Waals surface area contributed by atoms with E-state index in [0.29, 0.717) is 6.04 Å². The van der Waals surface area contributed by atoms with Gasteiger partial charge < -0.3 is 10.4 Å². The van der Waals surface area contributed by atoms with Crippen molar-refractivity contribution in [2.45, 2.75) is 32.7 Å². The fraction of sp³-hybridized carbons (Fsp3) is 0.833. The highest BCUT2D eigenvalue weighted by atomic mass is 32.1.